The lowest BCUT2D eigenvalue weighted by Gasteiger charge is -2.19. The third-order valence-corrected chi connectivity index (χ3v) is 2.11. The van der Waals surface area contributed by atoms with E-state index in [0.717, 1.165) is 0 Å². The Morgan fingerprint density at radius 2 is 1.94 bits per heavy atom. The molecule has 7 heteroatoms. The van der Waals surface area contributed by atoms with Crippen LogP contribution in [0.3, 0.4) is 0 Å². The summed E-state index contributed by atoms with van der Waals surface area (Å²) in [6, 6.07) is 0.268. The number of nitrogens with one attached hydrogen (secondary N) is 2. The topological polar surface area (TPSA) is 39.7 Å². The van der Waals surface area contributed by atoms with Gasteiger partial charge in [-0.1, -0.05) is 0 Å². The van der Waals surface area contributed by atoms with Crippen molar-refractivity contribution in [1.29, 1.82) is 0 Å². The van der Waals surface area contributed by atoms with Gasteiger partial charge in [0.05, 0.1) is 6.54 Å². The van der Waals surface area contributed by atoms with Crippen molar-refractivity contribution in [2.45, 2.75) is 32.5 Å². The Bertz CT molecular complexity index is 251. The molecule has 0 spiro atoms. The SMILES string of the molecule is CN=C(NCCCN(C)CC(F)(F)F)NC(C)C. The highest BCUT2D eigenvalue weighted by Gasteiger charge is 2.28. The minimum atomic E-state index is -4.13. The van der Waals surface area contributed by atoms with Crippen molar-refractivity contribution in [2.75, 3.05) is 33.7 Å². The van der Waals surface area contributed by atoms with Crippen LogP contribution < -0.4 is 10.6 Å². The van der Waals surface area contributed by atoms with Crippen molar-refractivity contribution in [1.82, 2.24) is 15.5 Å². The fourth-order valence-electron chi connectivity index (χ4n) is 1.41. The summed E-state index contributed by atoms with van der Waals surface area (Å²) in [6.07, 6.45) is -3.50. The summed E-state index contributed by atoms with van der Waals surface area (Å²) in [6.45, 7) is 4.10. The monoisotopic (exact) mass is 268 g/mol. The second kappa shape index (κ2) is 8.18. The molecule has 108 valence electrons. The van der Waals surface area contributed by atoms with Crippen LogP contribution in [0.1, 0.15) is 20.3 Å². The van der Waals surface area contributed by atoms with Crippen LogP contribution in [-0.4, -0.2) is 56.8 Å². The van der Waals surface area contributed by atoms with Gasteiger partial charge in [-0.2, -0.15) is 13.2 Å². The number of aliphatic imine (C=N–C) groups is 1. The van der Waals surface area contributed by atoms with E-state index < -0.39 is 12.7 Å². The second-order valence-corrected chi connectivity index (χ2v) is 4.50. The average Bonchev–Trinajstić information content (AvgIpc) is 2.19. The predicted molar refractivity (Wildman–Crippen MR) is 67.8 cm³/mol. The maximum absolute atomic E-state index is 12.1. The van der Waals surface area contributed by atoms with Crippen LogP contribution in [0, 0.1) is 0 Å². The Morgan fingerprint density at radius 3 is 2.39 bits per heavy atom. The number of guanidine groups is 1. The van der Waals surface area contributed by atoms with Gasteiger partial charge in [-0.15, -0.1) is 0 Å². The lowest BCUT2D eigenvalue weighted by atomic mass is 10.3. The zero-order valence-electron chi connectivity index (χ0n) is 11.4. The Kier molecular flexibility index (Phi) is 7.73. The van der Waals surface area contributed by atoms with Crippen molar-refractivity contribution in [3.05, 3.63) is 0 Å². The molecule has 0 radical (unpaired) electrons. The highest BCUT2D eigenvalue weighted by Crippen LogP contribution is 2.15. The molecule has 0 fully saturated rings. The van der Waals surface area contributed by atoms with Crippen molar-refractivity contribution in [3.63, 3.8) is 0 Å². The predicted octanol–water partition coefficient (Wildman–Crippen LogP) is 1.44. The van der Waals surface area contributed by atoms with Gasteiger partial charge in [0, 0.05) is 19.6 Å². The molecule has 0 rings (SSSR count). The highest BCUT2D eigenvalue weighted by molar-refractivity contribution is 5.79. The van der Waals surface area contributed by atoms with Crippen LogP contribution in [0.4, 0.5) is 13.2 Å². The van der Waals surface area contributed by atoms with Crippen LogP contribution in [0.15, 0.2) is 4.99 Å². The van der Waals surface area contributed by atoms with E-state index in [0.29, 0.717) is 25.5 Å². The third kappa shape index (κ3) is 10.2. The maximum Gasteiger partial charge on any atom is 0.401 e. The van der Waals surface area contributed by atoms with Gasteiger partial charge < -0.3 is 10.6 Å². The number of hydrogen-bond acceptors (Lipinski definition) is 2. The van der Waals surface area contributed by atoms with Gasteiger partial charge in [-0.25, -0.2) is 0 Å². The van der Waals surface area contributed by atoms with E-state index in [1.807, 2.05) is 13.8 Å². The van der Waals surface area contributed by atoms with Crippen LogP contribution >= 0.6 is 0 Å². The van der Waals surface area contributed by atoms with E-state index in [2.05, 4.69) is 15.6 Å². The van der Waals surface area contributed by atoms with Gasteiger partial charge in [0.1, 0.15) is 0 Å². The van der Waals surface area contributed by atoms with Gasteiger partial charge >= 0.3 is 6.18 Å². The Labute approximate surface area is 107 Å². The molecular formula is C11H23F3N4. The normalized spacial score (nSPS) is 13.3. The molecule has 0 saturated carbocycles. The molecule has 0 heterocycles. The third-order valence-electron chi connectivity index (χ3n) is 2.11. The molecule has 0 atom stereocenters. The highest BCUT2D eigenvalue weighted by atomic mass is 19.4. The lowest BCUT2D eigenvalue weighted by molar-refractivity contribution is -0.143. The second-order valence-electron chi connectivity index (χ2n) is 4.50. The summed E-state index contributed by atoms with van der Waals surface area (Å²) < 4.78 is 36.2. The first-order valence-corrected chi connectivity index (χ1v) is 5.97. The molecule has 0 aromatic heterocycles. The molecule has 0 aliphatic heterocycles. The van der Waals surface area contributed by atoms with Gasteiger partial charge in [0.2, 0.25) is 0 Å². The van der Waals surface area contributed by atoms with Crippen molar-refractivity contribution in [2.24, 2.45) is 4.99 Å². The first-order chi connectivity index (χ1) is 8.24. The zero-order valence-corrected chi connectivity index (χ0v) is 11.4. The first-order valence-electron chi connectivity index (χ1n) is 5.97. The molecule has 4 nitrogen and oxygen atoms in total. The van der Waals surface area contributed by atoms with Crippen LogP contribution in [0.25, 0.3) is 0 Å². The van der Waals surface area contributed by atoms with Crippen molar-refractivity contribution >= 4 is 5.96 Å². The summed E-state index contributed by atoms with van der Waals surface area (Å²) in [7, 11) is 3.13. The van der Waals surface area contributed by atoms with Gasteiger partial charge in [0.15, 0.2) is 5.96 Å². The maximum atomic E-state index is 12.1. The summed E-state index contributed by atoms with van der Waals surface area (Å²) in [4.78, 5) is 5.27. The Hall–Kier alpha value is -0.980. The molecular weight excluding hydrogens is 245 g/mol. The van der Waals surface area contributed by atoms with Crippen LogP contribution in [0.2, 0.25) is 0 Å². The van der Waals surface area contributed by atoms with Crippen molar-refractivity contribution in [3.8, 4) is 0 Å². The standard InChI is InChI=1S/C11H23F3N4/c1-9(2)17-10(15-3)16-6-5-7-18(4)8-11(12,13)14/h9H,5-8H2,1-4H3,(H2,15,16,17). The molecule has 0 unspecified atom stereocenters. The molecule has 0 aromatic carbocycles. The fraction of sp³-hybridized carbons (Fsp3) is 0.909. The fourth-order valence-corrected chi connectivity index (χ4v) is 1.41. The Morgan fingerprint density at radius 1 is 1.33 bits per heavy atom. The summed E-state index contributed by atoms with van der Waals surface area (Å²) >= 11 is 0. The zero-order chi connectivity index (χ0) is 14.2. The molecule has 0 saturated heterocycles. The number of alkyl halides is 3. The lowest BCUT2D eigenvalue weighted by Crippen LogP contribution is -2.42. The number of nitrogens with zero attached hydrogens (tertiary/aromatic N) is 2. The minimum Gasteiger partial charge on any atom is -0.356 e. The average molecular weight is 268 g/mol. The molecule has 0 aromatic rings. The van der Waals surface area contributed by atoms with E-state index in [9.17, 15) is 13.2 Å². The quantitative estimate of drug-likeness (QED) is 0.435. The van der Waals surface area contributed by atoms with Crippen LogP contribution in [-0.2, 0) is 0 Å². The molecule has 0 aliphatic carbocycles. The van der Waals surface area contributed by atoms with E-state index in [4.69, 9.17) is 0 Å². The minimum absolute atomic E-state index is 0.268. The molecule has 0 bridgehead atoms. The van der Waals surface area contributed by atoms with Crippen LogP contribution in [0.5, 0.6) is 0 Å². The summed E-state index contributed by atoms with van der Waals surface area (Å²) in [5, 5.41) is 6.15. The smallest absolute Gasteiger partial charge is 0.356 e. The largest absolute Gasteiger partial charge is 0.401 e. The molecule has 18 heavy (non-hydrogen) atoms. The van der Waals surface area contributed by atoms with Gasteiger partial charge in [0.25, 0.3) is 0 Å². The summed E-state index contributed by atoms with van der Waals surface area (Å²) in [5.41, 5.74) is 0. The number of halogens is 3. The molecule has 2 N–H and O–H groups in total. The van der Waals surface area contributed by atoms with E-state index in [-0.39, 0.29) is 6.04 Å². The molecule has 0 aliphatic rings. The number of hydrogen-bond donors (Lipinski definition) is 2. The van der Waals surface area contributed by atoms with Gasteiger partial charge in [-0.3, -0.25) is 9.89 Å². The van der Waals surface area contributed by atoms with E-state index in [1.165, 1.54) is 11.9 Å². The Balaban J connectivity index is 3.72. The van der Waals surface area contributed by atoms with E-state index >= 15 is 0 Å². The summed E-state index contributed by atoms with van der Waals surface area (Å²) in [5.74, 6) is 0.670. The van der Waals surface area contributed by atoms with Gasteiger partial charge in [-0.05, 0) is 33.9 Å². The van der Waals surface area contributed by atoms with Crippen molar-refractivity contribution < 1.29 is 13.2 Å². The van der Waals surface area contributed by atoms with E-state index in [1.54, 1.807) is 7.05 Å². The first kappa shape index (κ1) is 17.0. The number of rotatable bonds is 6. The molecule has 0 amide bonds.